The number of hydrogen-bond donors (Lipinski definition) is 0. The van der Waals surface area contributed by atoms with Crippen molar-refractivity contribution in [3.05, 3.63) is 0 Å². The Balaban J connectivity index is -0.000000180. The molecule has 2 heteroatoms. The summed E-state index contributed by atoms with van der Waals surface area (Å²) in [7, 11) is 0. The summed E-state index contributed by atoms with van der Waals surface area (Å²) in [6.07, 6.45) is 7.01. The SMILES string of the molecule is CCCCCCC.I.I. The van der Waals surface area contributed by atoms with E-state index < -0.39 is 0 Å². The molecule has 0 aliphatic carbocycles. The molecule has 0 aliphatic heterocycles. The van der Waals surface area contributed by atoms with Crippen molar-refractivity contribution in [3.8, 4) is 0 Å². The minimum absolute atomic E-state index is 0. The molecule has 0 bridgehead atoms. The Morgan fingerprint density at radius 3 is 1.22 bits per heavy atom. The molecular formula is C7H18I2. The van der Waals surface area contributed by atoms with Crippen LogP contribution < -0.4 is 0 Å². The molecule has 0 fully saturated rings. The molecule has 0 radical (unpaired) electrons. The Labute approximate surface area is 93.2 Å². The van der Waals surface area contributed by atoms with Crippen molar-refractivity contribution in [2.24, 2.45) is 0 Å². The molecule has 0 atom stereocenters. The van der Waals surface area contributed by atoms with Gasteiger partial charge in [-0.25, -0.2) is 0 Å². The summed E-state index contributed by atoms with van der Waals surface area (Å²) in [5.74, 6) is 0. The predicted molar refractivity (Wildman–Crippen MR) is 65.3 cm³/mol. The average Bonchev–Trinajstić information content (AvgIpc) is 1.69. The summed E-state index contributed by atoms with van der Waals surface area (Å²) >= 11 is 0. The second-order valence-corrected chi connectivity index (χ2v) is 2.06. The van der Waals surface area contributed by atoms with E-state index in [1.807, 2.05) is 0 Å². The van der Waals surface area contributed by atoms with Gasteiger partial charge in [-0.3, -0.25) is 0 Å². The van der Waals surface area contributed by atoms with Crippen LogP contribution in [0.2, 0.25) is 0 Å². The molecule has 0 N–H and O–H groups in total. The van der Waals surface area contributed by atoms with Crippen molar-refractivity contribution < 1.29 is 0 Å². The smallest absolute Gasteiger partial charge is 0.0533 e. The van der Waals surface area contributed by atoms with Crippen molar-refractivity contribution in [2.75, 3.05) is 0 Å². The van der Waals surface area contributed by atoms with Gasteiger partial charge in [0.05, 0.1) is 0 Å². The van der Waals surface area contributed by atoms with Crippen molar-refractivity contribution in [2.45, 2.75) is 46.0 Å². The lowest BCUT2D eigenvalue weighted by Crippen LogP contribution is -1.70. The second-order valence-electron chi connectivity index (χ2n) is 2.06. The van der Waals surface area contributed by atoms with Crippen LogP contribution in [0.4, 0.5) is 0 Å². The molecule has 0 aromatic carbocycles. The van der Waals surface area contributed by atoms with Gasteiger partial charge >= 0.3 is 0 Å². The van der Waals surface area contributed by atoms with Gasteiger partial charge in [0.15, 0.2) is 0 Å². The predicted octanol–water partition coefficient (Wildman–Crippen LogP) is 4.21. The molecule has 0 aromatic rings. The summed E-state index contributed by atoms with van der Waals surface area (Å²) in [5.41, 5.74) is 0. The third-order valence-electron chi connectivity index (χ3n) is 1.21. The molecule has 0 aliphatic rings. The average molecular weight is 356 g/mol. The normalized spacial score (nSPS) is 7.33. The number of hydrogen-bond acceptors (Lipinski definition) is 0. The van der Waals surface area contributed by atoms with Gasteiger partial charge in [0.25, 0.3) is 0 Å². The van der Waals surface area contributed by atoms with Crippen LogP contribution >= 0.6 is 48.0 Å². The molecule has 0 saturated heterocycles. The Kier molecular flexibility index (Phi) is 30.3. The Bertz CT molecular complexity index is 26.1. The summed E-state index contributed by atoms with van der Waals surface area (Å²) < 4.78 is 0. The van der Waals surface area contributed by atoms with E-state index in [0.29, 0.717) is 0 Å². The molecule has 60 valence electrons. The first-order valence-electron chi connectivity index (χ1n) is 3.41. The molecule has 9 heavy (non-hydrogen) atoms. The van der Waals surface area contributed by atoms with Crippen LogP contribution in [-0.4, -0.2) is 0 Å². The molecule has 0 spiro atoms. The molecule has 0 rings (SSSR count). The summed E-state index contributed by atoms with van der Waals surface area (Å²) in [6, 6.07) is 0. The minimum Gasteiger partial charge on any atom is -0.107 e. The quantitative estimate of drug-likeness (QED) is 0.523. The highest BCUT2D eigenvalue weighted by atomic mass is 127. The first kappa shape index (κ1) is 16.8. The van der Waals surface area contributed by atoms with Crippen LogP contribution in [-0.2, 0) is 0 Å². The van der Waals surface area contributed by atoms with Gasteiger partial charge in [-0.05, 0) is 0 Å². The molecule has 0 nitrogen and oxygen atoms in total. The number of halogens is 2. The summed E-state index contributed by atoms with van der Waals surface area (Å²) in [4.78, 5) is 0. The highest BCUT2D eigenvalue weighted by molar-refractivity contribution is 14.0. The van der Waals surface area contributed by atoms with E-state index in [1.165, 1.54) is 32.1 Å². The van der Waals surface area contributed by atoms with Gasteiger partial charge in [-0.1, -0.05) is 46.0 Å². The third kappa shape index (κ3) is 17.7. The second kappa shape index (κ2) is 16.2. The lowest BCUT2D eigenvalue weighted by atomic mass is 10.2. The van der Waals surface area contributed by atoms with E-state index in [-0.39, 0.29) is 48.0 Å². The first-order chi connectivity index (χ1) is 3.41. The highest BCUT2D eigenvalue weighted by Crippen LogP contribution is 2.00. The van der Waals surface area contributed by atoms with Crippen LogP contribution in [0, 0.1) is 0 Å². The van der Waals surface area contributed by atoms with Crippen LogP contribution in [0.5, 0.6) is 0 Å². The monoisotopic (exact) mass is 356 g/mol. The van der Waals surface area contributed by atoms with E-state index in [2.05, 4.69) is 13.8 Å². The maximum absolute atomic E-state index is 2.25. The van der Waals surface area contributed by atoms with Gasteiger partial charge < -0.3 is 0 Å². The zero-order valence-electron chi connectivity index (χ0n) is 6.35. The molecule has 0 heterocycles. The van der Waals surface area contributed by atoms with Crippen LogP contribution in [0.3, 0.4) is 0 Å². The van der Waals surface area contributed by atoms with Crippen molar-refractivity contribution >= 4 is 48.0 Å². The van der Waals surface area contributed by atoms with Crippen LogP contribution in [0.15, 0.2) is 0 Å². The van der Waals surface area contributed by atoms with Crippen molar-refractivity contribution in [3.63, 3.8) is 0 Å². The fourth-order valence-corrected chi connectivity index (χ4v) is 0.677. The maximum atomic E-state index is 2.25. The van der Waals surface area contributed by atoms with Crippen molar-refractivity contribution in [1.82, 2.24) is 0 Å². The number of rotatable bonds is 4. The molecule has 0 aromatic heterocycles. The van der Waals surface area contributed by atoms with Gasteiger partial charge in [0, 0.05) is 0 Å². The zero-order valence-corrected chi connectivity index (χ0v) is 11.0. The largest absolute Gasteiger partial charge is 0.107 e. The lowest BCUT2D eigenvalue weighted by molar-refractivity contribution is 0.656. The Morgan fingerprint density at radius 2 is 1.00 bits per heavy atom. The topological polar surface area (TPSA) is 0 Å². The fraction of sp³-hybridized carbons (Fsp3) is 1.00. The van der Waals surface area contributed by atoms with E-state index in [0.717, 1.165) is 0 Å². The van der Waals surface area contributed by atoms with E-state index in [9.17, 15) is 0 Å². The molecule has 0 saturated carbocycles. The summed E-state index contributed by atoms with van der Waals surface area (Å²) in [6.45, 7) is 4.49. The first-order valence-corrected chi connectivity index (χ1v) is 3.41. The third-order valence-corrected chi connectivity index (χ3v) is 1.21. The zero-order chi connectivity index (χ0) is 5.54. The molecule has 0 unspecified atom stereocenters. The van der Waals surface area contributed by atoms with E-state index >= 15 is 0 Å². The van der Waals surface area contributed by atoms with Crippen molar-refractivity contribution in [1.29, 1.82) is 0 Å². The summed E-state index contributed by atoms with van der Waals surface area (Å²) in [5, 5.41) is 0. The van der Waals surface area contributed by atoms with Gasteiger partial charge in [-0.2, -0.15) is 0 Å². The van der Waals surface area contributed by atoms with E-state index in [4.69, 9.17) is 0 Å². The van der Waals surface area contributed by atoms with Gasteiger partial charge in [0.2, 0.25) is 0 Å². The Morgan fingerprint density at radius 1 is 0.667 bits per heavy atom. The van der Waals surface area contributed by atoms with Crippen LogP contribution in [0.25, 0.3) is 0 Å². The van der Waals surface area contributed by atoms with Gasteiger partial charge in [0.1, 0.15) is 0 Å². The highest BCUT2D eigenvalue weighted by Gasteiger charge is 1.80. The van der Waals surface area contributed by atoms with Crippen LogP contribution in [0.1, 0.15) is 46.0 Å². The molecular weight excluding hydrogens is 338 g/mol. The maximum Gasteiger partial charge on any atom is -0.0533 e. The fourth-order valence-electron chi connectivity index (χ4n) is 0.677. The standard InChI is InChI=1S/C7H16.2HI/c1-3-5-7-6-4-2;;/h3-7H2,1-2H3;2*1H. The Hall–Kier alpha value is 1.46. The van der Waals surface area contributed by atoms with Gasteiger partial charge in [-0.15, -0.1) is 48.0 Å². The number of unbranched alkanes of at least 4 members (excludes halogenated alkanes) is 4. The minimum atomic E-state index is 0. The lowest BCUT2D eigenvalue weighted by Gasteiger charge is -1.90. The van der Waals surface area contributed by atoms with E-state index in [1.54, 1.807) is 0 Å². The molecule has 0 amide bonds.